The molecule has 0 bridgehead atoms. The van der Waals surface area contributed by atoms with Gasteiger partial charge in [0.1, 0.15) is 0 Å². The highest BCUT2D eigenvalue weighted by atomic mass is 16.2. The predicted octanol–water partition coefficient (Wildman–Crippen LogP) is 2.24. The van der Waals surface area contributed by atoms with Gasteiger partial charge in [0.2, 0.25) is 5.91 Å². The molecule has 0 aromatic heterocycles. The lowest BCUT2D eigenvalue weighted by Gasteiger charge is -2.41. The van der Waals surface area contributed by atoms with Crippen LogP contribution in [0.2, 0.25) is 0 Å². The Morgan fingerprint density at radius 3 is 2.19 bits per heavy atom. The first-order chi connectivity index (χ1) is 10.0. The van der Waals surface area contributed by atoms with E-state index in [0.717, 1.165) is 12.8 Å². The summed E-state index contributed by atoms with van der Waals surface area (Å²) in [5, 5.41) is 3.37. The van der Waals surface area contributed by atoms with Crippen LogP contribution in [0.3, 0.4) is 0 Å². The molecule has 4 nitrogen and oxygen atoms in total. The molecule has 4 heteroatoms. The van der Waals surface area contributed by atoms with Gasteiger partial charge in [-0.2, -0.15) is 0 Å². The quantitative estimate of drug-likeness (QED) is 0.864. The minimum absolute atomic E-state index is 0.327. The van der Waals surface area contributed by atoms with Gasteiger partial charge in [-0.3, -0.25) is 9.69 Å². The van der Waals surface area contributed by atoms with Crippen molar-refractivity contribution in [1.29, 1.82) is 0 Å². The van der Waals surface area contributed by atoms with E-state index in [9.17, 15) is 4.79 Å². The molecule has 0 radical (unpaired) electrons. The molecule has 2 unspecified atom stereocenters. The standard InChI is InChI=1S/C17H33N3O/c1-13-6-5-7-14(2)20(13)17(21)12-19(4)16-10-8-15(18-3)9-11-16/h13-16,18H,5-12H2,1-4H3. The Morgan fingerprint density at radius 2 is 1.67 bits per heavy atom. The molecule has 1 saturated carbocycles. The minimum atomic E-state index is 0.327. The number of rotatable bonds is 4. The topological polar surface area (TPSA) is 35.6 Å². The number of likely N-dealkylation sites (tertiary alicyclic amines) is 1. The van der Waals surface area contributed by atoms with Crippen molar-refractivity contribution in [3.8, 4) is 0 Å². The van der Waals surface area contributed by atoms with Crippen LogP contribution >= 0.6 is 0 Å². The van der Waals surface area contributed by atoms with E-state index in [1.165, 1.54) is 32.1 Å². The van der Waals surface area contributed by atoms with Crippen LogP contribution in [-0.4, -0.2) is 60.5 Å². The van der Waals surface area contributed by atoms with Gasteiger partial charge >= 0.3 is 0 Å². The Kier molecular flexibility index (Phi) is 6.06. The summed E-state index contributed by atoms with van der Waals surface area (Å²) in [5.41, 5.74) is 0. The normalized spacial score (nSPS) is 34.2. The van der Waals surface area contributed by atoms with Crippen LogP contribution in [0.5, 0.6) is 0 Å². The average Bonchev–Trinajstić information content (AvgIpc) is 2.47. The second kappa shape index (κ2) is 7.59. The third-order valence-corrected chi connectivity index (χ3v) is 5.59. The summed E-state index contributed by atoms with van der Waals surface area (Å²) in [4.78, 5) is 17.1. The molecule has 2 atom stereocenters. The SMILES string of the molecule is CNC1CCC(N(C)CC(=O)N2C(C)CCCC2C)CC1. The summed E-state index contributed by atoms with van der Waals surface area (Å²) in [6, 6.07) is 2.07. The molecule has 1 N–H and O–H groups in total. The Balaban J connectivity index is 1.84. The van der Waals surface area contributed by atoms with Gasteiger partial charge < -0.3 is 10.2 Å². The lowest BCUT2D eigenvalue weighted by atomic mass is 9.90. The summed E-state index contributed by atoms with van der Waals surface area (Å²) in [6.45, 7) is 4.99. The first kappa shape index (κ1) is 16.8. The highest BCUT2D eigenvalue weighted by Gasteiger charge is 2.31. The van der Waals surface area contributed by atoms with E-state index in [-0.39, 0.29) is 0 Å². The predicted molar refractivity (Wildman–Crippen MR) is 87.4 cm³/mol. The smallest absolute Gasteiger partial charge is 0.237 e. The van der Waals surface area contributed by atoms with Crippen LogP contribution in [-0.2, 0) is 4.79 Å². The maximum atomic E-state index is 12.7. The van der Waals surface area contributed by atoms with Crippen molar-refractivity contribution in [3.63, 3.8) is 0 Å². The fourth-order valence-corrected chi connectivity index (χ4v) is 4.14. The van der Waals surface area contributed by atoms with Crippen LogP contribution in [0.4, 0.5) is 0 Å². The van der Waals surface area contributed by atoms with Crippen molar-refractivity contribution < 1.29 is 4.79 Å². The number of piperidine rings is 1. The van der Waals surface area contributed by atoms with Gasteiger partial charge in [0.15, 0.2) is 0 Å². The van der Waals surface area contributed by atoms with Crippen LogP contribution in [0.25, 0.3) is 0 Å². The third-order valence-electron chi connectivity index (χ3n) is 5.59. The van der Waals surface area contributed by atoms with Crippen LogP contribution < -0.4 is 5.32 Å². The van der Waals surface area contributed by atoms with Crippen LogP contribution in [0, 0.1) is 0 Å². The van der Waals surface area contributed by atoms with E-state index < -0.39 is 0 Å². The zero-order valence-electron chi connectivity index (χ0n) is 14.3. The van der Waals surface area contributed by atoms with Crippen molar-refractivity contribution in [3.05, 3.63) is 0 Å². The summed E-state index contributed by atoms with van der Waals surface area (Å²) in [7, 11) is 4.18. The molecule has 1 aliphatic carbocycles. The Labute approximate surface area is 130 Å². The van der Waals surface area contributed by atoms with E-state index in [1.807, 2.05) is 0 Å². The van der Waals surface area contributed by atoms with E-state index in [4.69, 9.17) is 0 Å². The molecular weight excluding hydrogens is 262 g/mol. The van der Waals surface area contributed by atoms with E-state index >= 15 is 0 Å². The van der Waals surface area contributed by atoms with Gasteiger partial charge in [0.05, 0.1) is 6.54 Å². The van der Waals surface area contributed by atoms with Gasteiger partial charge in [-0.25, -0.2) is 0 Å². The maximum absolute atomic E-state index is 12.7. The second-order valence-electron chi connectivity index (χ2n) is 7.14. The largest absolute Gasteiger partial charge is 0.336 e. The van der Waals surface area contributed by atoms with Crippen LogP contribution in [0.1, 0.15) is 58.8 Å². The lowest BCUT2D eigenvalue weighted by molar-refractivity contribution is -0.138. The molecule has 1 aliphatic heterocycles. The monoisotopic (exact) mass is 295 g/mol. The van der Waals surface area contributed by atoms with Crippen molar-refractivity contribution >= 4 is 5.91 Å². The Bertz CT molecular complexity index is 329. The van der Waals surface area contributed by atoms with Gasteiger partial charge in [0.25, 0.3) is 0 Å². The molecule has 2 aliphatic rings. The highest BCUT2D eigenvalue weighted by Crippen LogP contribution is 2.25. The van der Waals surface area contributed by atoms with Crippen LogP contribution in [0.15, 0.2) is 0 Å². The molecule has 0 spiro atoms. The van der Waals surface area contributed by atoms with Gasteiger partial charge in [0, 0.05) is 24.2 Å². The van der Waals surface area contributed by atoms with Gasteiger partial charge in [-0.05, 0) is 72.9 Å². The molecule has 0 aromatic rings. The molecule has 1 saturated heterocycles. The zero-order chi connectivity index (χ0) is 15.4. The number of hydrogen-bond donors (Lipinski definition) is 1. The van der Waals surface area contributed by atoms with Gasteiger partial charge in [-0.1, -0.05) is 0 Å². The summed E-state index contributed by atoms with van der Waals surface area (Å²) in [5.74, 6) is 0.327. The molecule has 0 aromatic carbocycles. The Morgan fingerprint density at radius 1 is 1.10 bits per heavy atom. The minimum Gasteiger partial charge on any atom is -0.336 e. The highest BCUT2D eigenvalue weighted by molar-refractivity contribution is 5.79. The maximum Gasteiger partial charge on any atom is 0.237 e. The number of amides is 1. The van der Waals surface area contributed by atoms with Crippen molar-refractivity contribution in [2.24, 2.45) is 0 Å². The molecule has 1 amide bonds. The fourth-order valence-electron chi connectivity index (χ4n) is 4.14. The number of nitrogens with zero attached hydrogens (tertiary/aromatic N) is 2. The van der Waals surface area contributed by atoms with E-state index in [0.29, 0.717) is 36.6 Å². The number of carbonyl (C=O) groups is 1. The first-order valence-corrected chi connectivity index (χ1v) is 8.71. The van der Waals surface area contributed by atoms with Gasteiger partial charge in [-0.15, -0.1) is 0 Å². The summed E-state index contributed by atoms with van der Waals surface area (Å²) in [6.07, 6.45) is 8.46. The lowest BCUT2D eigenvalue weighted by Crippen LogP contribution is -2.52. The number of hydrogen-bond acceptors (Lipinski definition) is 3. The molecule has 2 rings (SSSR count). The Hall–Kier alpha value is -0.610. The van der Waals surface area contributed by atoms with E-state index in [1.54, 1.807) is 0 Å². The number of carbonyl (C=O) groups excluding carboxylic acids is 1. The molecular formula is C17H33N3O. The summed E-state index contributed by atoms with van der Waals surface area (Å²) < 4.78 is 0. The van der Waals surface area contributed by atoms with Crippen molar-refractivity contribution in [1.82, 2.24) is 15.1 Å². The summed E-state index contributed by atoms with van der Waals surface area (Å²) >= 11 is 0. The van der Waals surface area contributed by atoms with Crippen molar-refractivity contribution in [2.75, 3.05) is 20.6 Å². The second-order valence-corrected chi connectivity index (χ2v) is 7.14. The third kappa shape index (κ3) is 4.19. The van der Waals surface area contributed by atoms with Crippen molar-refractivity contribution in [2.45, 2.75) is 83.0 Å². The first-order valence-electron chi connectivity index (χ1n) is 8.71. The molecule has 21 heavy (non-hydrogen) atoms. The fraction of sp³-hybridized carbons (Fsp3) is 0.941. The molecule has 1 heterocycles. The molecule has 122 valence electrons. The van der Waals surface area contributed by atoms with E-state index in [2.05, 4.69) is 43.1 Å². The number of nitrogens with one attached hydrogen (secondary N) is 1. The average molecular weight is 295 g/mol. The number of likely N-dealkylation sites (N-methyl/N-ethyl adjacent to an activating group) is 1. The molecule has 2 fully saturated rings. The zero-order valence-corrected chi connectivity index (χ0v) is 14.3.